The maximum absolute atomic E-state index is 12.5. The third-order valence-corrected chi connectivity index (χ3v) is 4.86. The Kier molecular flexibility index (Phi) is 4.56. The minimum absolute atomic E-state index is 0.0704. The van der Waals surface area contributed by atoms with E-state index in [2.05, 4.69) is 4.90 Å². The number of carbonyl (C=O) groups is 1. The molecular weight excluding hydrogens is 262 g/mol. The fourth-order valence-electron chi connectivity index (χ4n) is 3.56. The Morgan fingerprint density at radius 2 is 1.67 bits per heavy atom. The van der Waals surface area contributed by atoms with Crippen LogP contribution in [0.4, 0.5) is 0 Å². The molecule has 0 aromatic heterocycles. The van der Waals surface area contributed by atoms with Gasteiger partial charge in [0.2, 0.25) is 5.91 Å². The predicted octanol–water partition coefficient (Wildman–Crippen LogP) is 1.77. The van der Waals surface area contributed by atoms with E-state index in [1.54, 1.807) is 0 Å². The van der Waals surface area contributed by atoms with Gasteiger partial charge in [-0.25, -0.2) is 0 Å². The number of benzene rings is 1. The number of hydrogen-bond acceptors (Lipinski definition) is 3. The Bertz CT molecular complexity index is 462. The number of likely N-dealkylation sites (tertiary alicyclic amines) is 2. The fourth-order valence-corrected chi connectivity index (χ4v) is 3.56. The van der Waals surface area contributed by atoms with Crippen LogP contribution < -0.4 is 5.73 Å². The van der Waals surface area contributed by atoms with E-state index in [0.29, 0.717) is 6.04 Å². The summed E-state index contributed by atoms with van der Waals surface area (Å²) in [5.74, 6) is 0.0704. The van der Waals surface area contributed by atoms with Crippen molar-refractivity contribution in [2.45, 2.75) is 37.8 Å². The van der Waals surface area contributed by atoms with Gasteiger partial charge >= 0.3 is 0 Å². The van der Waals surface area contributed by atoms with Crippen molar-refractivity contribution in [1.29, 1.82) is 0 Å². The van der Waals surface area contributed by atoms with E-state index >= 15 is 0 Å². The average molecular weight is 287 g/mol. The Morgan fingerprint density at radius 3 is 2.29 bits per heavy atom. The van der Waals surface area contributed by atoms with Gasteiger partial charge < -0.3 is 15.5 Å². The van der Waals surface area contributed by atoms with Crippen LogP contribution in [0.25, 0.3) is 0 Å². The van der Waals surface area contributed by atoms with Gasteiger partial charge in [0.1, 0.15) is 6.04 Å². The Morgan fingerprint density at radius 1 is 1.05 bits per heavy atom. The molecule has 2 N–H and O–H groups in total. The highest BCUT2D eigenvalue weighted by Crippen LogP contribution is 2.23. The van der Waals surface area contributed by atoms with Gasteiger partial charge in [-0.05, 0) is 44.3 Å². The van der Waals surface area contributed by atoms with Gasteiger partial charge in [0.05, 0.1) is 0 Å². The van der Waals surface area contributed by atoms with Crippen LogP contribution in [-0.4, -0.2) is 47.9 Å². The Hall–Kier alpha value is -1.39. The van der Waals surface area contributed by atoms with E-state index in [9.17, 15) is 4.79 Å². The lowest BCUT2D eigenvalue weighted by Gasteiger charge is -2.37. The lowest BCUT2D eigenvalue weighted by Crippen LogP contribution is -2.48. The molecule has 1 aromatic rings. The van der Waals surface area contributed by atoms with E-state index in [0.717, 1.165) is 31.5 Å². The molecule has 2 aliphatic heterocycles. The lowest BCUT2D eigenvalue weighted by molar-refractivity contribution is -0.134. The normalized spacial score (nSPS) is 22.4. The first-order chi connectivity index (χ1) is 10.3. The number of carbonyl (C=O) groups excluding carboxylic acids is 1. The zero-order chi connectivity index (χ0) is 14.7. The molecule has 0 radical (unpaired) electrons. The van der Waals surface area contributed by atoms with Gasteiger partial charge in [-0.1, -0.05) is 30.3 Å². The minimum Gasteiger partial charge on any atom is -0.341 e. The molecule has 3 rings (SSSR count). The number of rotatable bonds is 3. The predicted molar refractivity (Wildman–Crippen MR) is 83.8 cm³/mol. The quantitative estimate of drug-likeness (QED) is 0.922. The monoisotopic (exact) mass is 287 g/mol. The third-order valence-electron chi connectivity index (χ3n) is 4.86. The molecule has 0 aliphatic carbocycles. The summed E-state index contributed by atoms with van der Waals surface area (Å²) in [5, 5.41) is 0. The number of piperidine rings is 1. The number of nitrogens with two attached hydrogens (primary N) is 1. The molecule has 0 spiro atoms. The summed E-state index contributed by atoms with van der Waals surface area (Å²) >= 11 is 0. The smallest absolute Gasteiger partial charge is 0.244 e. The van der Waals surface area contributed by atoms with Crippen LogP contribution in [0.15, 0.2) is 30.3 Å². The van der Waals surface area contributed by atoms with Gasteiger partial charge in [0.15, 0.2) is 0 Å². The van der Waals surface area contributed by atoms with Crippen molar-refractivity contribution in [1.82, 2.24) is 9.80 Å². The third kappa shape index (κ3) is 3.27. The summed E-state index contributed by atoms with van der Waals surface area (Å²) in [5.41, 5.74) is 7.03. The van der Waals surface area contributed by atoms with Crippen molar-refractivity contribution >= 4 is 5.91 Å². The second-order valence-corrected chi connectivity index (χ2v) is 6.19. The second-order valence-electron chi connectivity index (χ2n) is 6.19. The molecule has 2 saturated heterocycles. The van der Waals surface area contributed by atoms with Gasteiger partial charge in [-0.15, -0.1) is 0 Å². The molecule has 2 fully saturated rings. The highest BCUT2D eigenvalue weighted by molar-refractivity contribution is 5.83. The van der Waals surface area contributed by atoms with Crippen molar-refractivity contribution in [3.63, 3.8) is 0 Å². The number of nitrogens with zero attached hydrogens (tertiary/aromatic N) is 2. The van der Waals surface area contributed by atoms with Crippen LogP contribution in [0, 0.1) is 0 Å². The summed E-state index contributed by atoms with van der Waals surface area (Å²) in [6.07, 6.45) is 4.84. The van der Waals surface area contributed by atoms with Gasteiger partial charge in [-0.3, -0.25) is 4.79 Å². The average Bonchev–Trinajstić information content (AvgIpc) is 3.09. The van der Waals surface area contributed by atoms with Gasteiger partial charge in [0, 0.05) is 19.1 Å². The molecule has 2 aliphatic rings. The molecule has 4 heteroatoms. The minimum atomic E-state index is -0.519. The van der Waals surface area contributed by atoms with Crippen LogP contribution in [0.3, 0.4) is 0 Å². The molecular formula is C17H25N3O. The summed E-state index contributed by atoms with van der Waals surface area (Å²) in [6, 6.07) is 9.82. The summed E-state index contributed by atoms with van der Waals surface area (Å²) < 4.78 is 0. The van der Waals surface area contributed by atoms with Crippen LogP contribution >= 0.6 is 0 Å². The Balaban J connectivity index is 1.55. The Labute approximate surface area is 126 Å². The molecule has 0 saturated carbocycles. The molecule has 1 atom stereocenters. The van der Waals surface area contributed by atoms with E-state index < -0.39 is 6.04 Å². The molecule has 21 heavy (non-hydrogen) atoms. The molecule has 1 aromatic carbocycles. The van der Waals surface area contributed by atoms with Crippen molar-refractivity contribution in [3.8, 4) is 0 Å². The van der Waals surface area contributed by atoms with Crippen molar-refractivity contribution < 1.29 is 4.79 Å². The van der Waals surface area contributed by atoms with Gasteiger partial charge in [-0.2, -0.15) is 0 Å². The van der Waals surface area contributed by atoms with E-state index in [1.807, 2.05) is 35.2 Å². The number of amides is 1. The van der Waals surface area contributed by atoms with Gasteiger partial charge in [0.25, 0.3) is 0 Å². The largest absolute Gasteiger partial charge is 0.341 e. The maximum atomic E-state index is 12.5. The summed E-state index contributed by atoms with van der Waals surface area (Å²) in [7, 11) is 0. The van der Waals surface area contributed by atoms with E-state index in [-0.39, 0.29) is 5.91 Å². The highest BCUT2D eigenvalue weighted by atomic mass is 16.2. The van der Waals surface area contributed by atoms with E-state index in [1.165, 1.54) is 25.9 Å². The molecule has 0 bridgehead atoms. The molecule has 4 nitrogen and oxygen atoms in total. The zero-order valence-corrected chi connectivity index (χ0v) is 12.6. The lowest BCUT2D eigenvalue weighted by atomic mass is 10.0. The van der Waals surface area contributed by atoms with Crippen LogP contribution in [-0.2, 0) is 4.79 Å². The molecule has 114 valence electrons. The van der Waals surface area contributed by atoms with Crippen molar-refractivity contribution in [2.75, 3.05) is 26.2 Å². The van der Waals surface area contributed by atoms with E-state index in [4.69, 9.17) is 5.73 Å². The van der Waals surface area contributed by atoms with Crippen LogP contribution in [0.1, 0.15) is 37.3 Å². The highest BCUT2D eigenvalue weighted by Gasteiger charge is 2.30. The fraction of sp³-hybridized carbons (Fsp3) is 0.588. The van der Waals surface area contributed by atoms with Crippen LogP contribution in [0.5, 0.6) is 0 Å². The second kappa shape index (κ2) is 6.58. The molecule has 1 amide bonds. The SMILES string of the molecule is N[C@@H](C(=O)N1CCC(N2CCCC2)CC1)c1ccccc1. The van der Waals surface area contributed by atoms with Crippen LogP contribution in [0.2, 0.25) is 0 Å². The first-order valence-corrected chi connectivity index (χ1v) is 8.09. The summed E-state index contributed by atoms with van der Waals surface area (Å²) in [4.78, 5) is 17.1. The maximum Gasteiger partial charge on any atom is 0.244 e. The first-order valence-electron chi connectivity index (χ1n) is 8.09. The summed E-state index contributed by atoms with van der Waals surface area (Å²) in [6.45, 7) is 4.17. The molecule has 2 heterocycles. The number of hydrogen-bond donors (Lipinski definition) is 1. The standard InChI is InChI=1S/C17H25N3O/c18-16(14-6-2-1-3-7-14)17(21)20-12-8-15(9-13-20)19-10-4-5-11-19/h1-3,6-7,15-16H,4-5,8-13,18H2/t16-/m1/s1. The van der Waals surface area contributed by atoms with Crippen molar-refractivity contribution in [3.05, 3.63) is 35.9 Å². The van der Waals surface area contributed by atoms with Crippen molar-refractivity contribution in [2.24, 2.45) is 5.73 Å². The molecule has 0 unspecified atom stereocenters. The topological polar surface area (TPSA) is 49.6 Å². The first kappa shape index (κ1) is 14.5. The zero-order valence-electron chi connectivity index (χ0n) is 12.6.